The average molecular weight is 227 g/mol. The number of rotatable bonds is 2. The molecule has 17 heavy (non-hydrogen) atoms. The zero-order chi connectivity index (χ0) is 12.1. The Morgan fingerprint density at radius 2 is 2.00 bits per heavy atom. The maximum Gasteiger partial charge on any atom is 0.229 e. The van der Waals surface area contributed by atoms with E-state index in [1.165, 1.54) is 6.92 Å². The lowest BCUT2D eigenvalue weighted by Crippen LogP contribution is -2.33. The Labute approximate surface area is 99.9 Å². The normalized spacial score (nSPS) is 13.6. The molecule has 1 aromatic carbocycles. The number of carbonyl (C=O) groups excluding carboxylic acids is 1. The Hall–Kier alpha value is -2.36. The minimum Gasteiger partial charge on any atom is -0.274 e. The van der Waals surface area contributed by atoms with Crippen LogP contribution in [-0.2, 0) is 4.79 Å². The lowest BCUT2D eigenvalue weighted by molar-refractivity contribution is -0.116. The van der Waals surface area contributed by atoms with Gasteiger partial charge >= 0.3 is 0 Å². The molecule has 0 bridgehead atoms. The summed E-state index contributed by atoms with van der Waals surface area (Å²) in [5.74, 6) is 0.564. The van der Waals surface area contributed by atoms with Crippen molar-refractivity contribution in [2.75, 3.05) is 4.90 Å². The molecule has 0 saturated heterocycles. The quantitative estimate of drug-likeness (QED) is 0.840. The van der Waals surface area contributed by atoms with Crippen molar-refractivity contribution in [2.24, 2.45) is 5.10 Å². The SMILES string of the molecule is CC(=O)N(C1=CC=CC=NN1)c1ccccc1. The van der Waals surface area contributed by atoms with Crippen molar-refractivity contribution >= 4 is 17.8 Å². The van der Waals surface area contributed by atoms with E-state index in [0.29, 0.717) is 5.82 Å². The average Bonchev–Trinajstić information content (AvgIpc) is 2.59. The standard InChI is InChI=1S/C13H13N3O/c1-11(17)16(12-7-3-2-4-8-12)13-9-5-6-10-14-15-13/h2-10,15H,1H3. The molecule has 1 aliphatic heterocycles. The van der Waals surface area contributed by atoms with Gasteiger partial charge in [-0.3, -0.25) is 15.1 Å². The van der Waals surface area contributed by atoms with Gasteiger partial charge in [0.05, 0.1) is 5.69 Å². The fourth-order valence-corrected chi connectivity index (χ4v) is 1.57. The van der Waals surface area contributed by atoms with Crippen molar-refractivity contribution in [3.05, 3.63) is 54.4 Å². The van der Waals surface area contributed by atoms with Crippen LogP contribution in [0.15, 0.2) is 59.5 Å². The van der Waals surface area contributed by atoms with Crippen molar-refractivity contribution in [3.63, 3.8) is 0 Å². The van der Waals surface area contributed by atoms with E-state index in [9.17, 15) is 4.79 Å². The lowest BCUT2D eigenvalue weighted by Gasteiger charge is -2.22. The Morgan fingerprint density at radius 3 is 2.71 bits per heavy atom. The second kappa shape index (κ2) is 5.12. The number of allylic oxidation sites excluding steroid dienone is 3. The summed E-state index contributed by atoms with van der Waals surface area (Å²) in [6, 6.07) is 9.45. The third kappa shape index (κ3) is 2.60. The molecular formula is C13H13N3O. The van der Waals surface area contributed by atoms with Crippen molar-refractivity contribution in [3.8, 4) is 0 Å². The fraction of sp³-hybridized carbons (Fsp3) is 0.0769. The van der Waals surface area contributed by atoms with E-state index in [4.69, 9.17) is 0 Å². The van der Waals surface area contributed by atoms with Crippen LogP contribution in [0.4, 0.5) is 5.69 Å². The van der Waals surface area contributed by atoms with Crippen molar-refractivity contribution < 1.29 is 4.79 Å². The first-order chi connectivity index (χ1) is 8.29. The van der Waals surface area contributed by atoms with Gasteiger partial charge in [-0.05, 0) is 24.3 Å². The molecule has 0 saturated carbocycles. The number of hydrogen-bond donors (Lipinski definition) is 1. The summed E-state index contributed by atoms with van der Waals surface area (Å²) in [7, 11) is 0. The topological polar surface area (TPSA) is 44.7 Å². The smallest absolute Gasteiger partial charge is 0.229 e. The van der Waals surface area contributed by atoms with Crippen molar-refractivity contribution in [2.45, 2.75) is 6.92 Å². The van der Waals surface area contributed by atoms with Crippen LogP contribution in [-0.4, -0.2) is 12.1 Å². The number of nitrogens with one attached hydrogen (secondary N) is 1. The van der Waals surface area contributed by atoms with E-state index in [1.807, 2.05) is 36.4 Å². The Bertz CT molecular complexity index is 489. The minimum absolute atomic E-state index is 0.0690. The van der Waals surface area contributed by atoms with E-state index in [2.05, 4.69) is 10.5 Å². The molecule has 0 spiro atoms. The summed E-state index contributed by atoms with van der Waals surface area (Å²) >= 11 is 0. The van der Waals surface area contributed by atoms with Gasteiger partial charge in [-0.15, -0.1) is 0 Å². The number of carbonyl (C=O) groups is 1. The number of nitrogens with zero attached hydrogens (tertiary/aromatic N) is 2. The van der Waals surface area contributed by atoms with Crippen LogP contribution in [0.1, 0.15) is 6.92 Å². The molecule has 0 aromatic heterocycles. The summed E-state index contributed by atoms with van der Waals surface area (Å²) < 4.78 is 0. The summed E-state index contributed by atoms with van der Waals surface area (Å²) in [5, 5.41) is 3.96. The molecule has 4 heteroatoms. The predicted octanol–water partition coefficient (Wildman–Crippen LogP) is 2.03. The van der Waals surface area contributed by atoms with Gasteiger partial charge < -0.3 is 0 Å². The summed E-state index contributed by atoms with van der Waals surface area (Å²) in [6.07, 6.45) is 7.06. The van der Waals surface area contributed by atoms with Crippen molar-refractivity contribution in [1.82, 2.24) is 5.43 Å². The number of hydrazone groups is 1. The number of amides is 1. The Balaban J connectivity index is 2.36. The lowest BCUT2D eigenvalue weighted by atomic mass is 10.3. The van der Waals surface area contributed by atoms with Crippen LogP contribution in [0.25, 0.3) is 0 Å². The largest absolute Gasteiger partial charge is 0.274 e. The van der Waals surface area contributed by atoms with Gasteiger partial charge in [0.25, 0.3) is 0 Å². The maximum atomic E-state index is 11.7. The van der Waals surface area contributed by atoms with Crippen LogP contribution < -0.4 is 10.3 Å². The number of hydrogen-bond acceptors (Lipinski definition) is 3. The van der Waals surface area contributed by atoms with E-state index in [0.717, 1.165) is 5.69 Å². The molecule has 1 amide bonds. The van der Waals surface area contributed by atoms with Gasteiger partial charge in [-0.2, -0.15) is 5.10 Å². The van der Waals surface area contributed by atoms with Crippen LogP contribution >= 0.6 is 0 Å². The van der Waals surface area contributed by atoms with Gasteiger partial charge in [0, 0.05) is 13.1 Å². The molecule has 4 nitrogen and oxygen atoms in total. The predicted molar refractivity (Wildman–Crippen MR) is 68.5 cm³/mol. The molecule has 86 valence electrons. The van der Waals surface area contributed by atoms with Crippen molar-refractivity contribution in [1.29, 1.82) is 0 Å². The van der Waals surface area contributed by atoms with E-state index in [1.54, 1.807) is 23.3 Å². The first-order valence-corrected chi connectivity index (χ1v) is 5.31. The second-order valence-corrected chi connectivity index (χ2v) is 3.52. The van der Waals surface area contributed by atoms with E-state index in [-0.39, 0.29) is 5.91 Å². The van der Waals surface area contributed by atoms with E-state index >= 15 is 0 Å². The maximum absolute atomic E-state index is 11.7. The highest BCUT2D eigenvalue weighted by Gasteiger charge is 2.15. The van der Waals surface area contributed by atoms with Crippen LogP contribution in [0, 0.1) is 0 Å². The summed E-state index contributed by atoms with van der Waals surface area (Å²) in [6.45, 7) is 1.52. The first kappa shape index (κ1) is 11.1. The highest BCUT2D eigenvalue weighted by Crippen LogP contribution is 2.18. The van der Waals surface area contributed by atoms with E-state index < -0.39 is 0 Å². The summed E-state index contributed by atoms with van der Waals surface area (Å²) in [5.41, 5.74) is 3.64. The number of anilines is 1. The molecule has 1 heterocycles. The minimum atomic E-state index is -0.0690. The monoisotopic (exact) mass is 227 g/mol. The van der Waals surface area contributed by atoms with Crippen LogP contribution in [0.2, 0.25) is 0 Å². The third-order valence-electron chi connectivity index (χ3n) is 2.28. The highest BCUT2D eigenvalue weighted by atomic mass is 16.2. The fourth-order valence-electron chi connectivity index (χ4n) is 1.57. The Kier molecular flexibility index (Phi) is 3.35. The van der Waals surface area contributed by atoms with Gasteiger partial charge in [0.2, 0.25) is 5.91 Å². The Morgan fingerprint density at radius 1 is 1.24 bits per heavy atom. The molecule has 1 N–H and O–H groups in total. The first-order valence-electron chi connectivity index (χ1n) is 5.31. The molecule has 2 rings (SSSR count). The molecule has 0 atom stereocenters. The van der Waals surface area contributed by atoms with Crippen LogP contribution in [0.3, 0.4) is 0 Å². The van der Waals surface area contributed by atoms with Gasteiger partial charge in [0.1, 0.15) is 5.82 Å². The van der Waals surface area contributed by atoms with Gasteiger partial charge in [-0.1, -0.05) is 24.3 Å². The van der Waals surface area contributed by atoms with Gasteiger partial charge in [-0.25, -0.2) is 0 Å². The zero-order valence-electron chi connectivity index (χ0n) is 9.50. The summed E-state index contributed by atoms with van der Waals surface area (Å²) in [4.78, 5) is 13.3. The molecule has 0 fully saturated rings. The molecule has 0 unspecified atom stereocenters. The highest BCUT2D eigenvalue weighted by molar-refractivity contribution is 5.94. The third-order valence-corrected chi connectivity index (χ3v) is 2.28. The molecule has 0 radical (unpaired) electrons. The molecule has 0 aliphatic carbocycles. The number of para-hydroxylation sites is 1. The van der Waals surface area contributed by atoms with Crippen LogP contribution in [0.5, 0.6) is 0 Å². The van der Waals surface area contributed by atoms with Gasteiger partial charge in [0.15, 0.2) is 0 Å². The molecule has 1 aromatic rings. The number of benzene rings is 1. The zero-order valence-corrected chi connectivity index (χ0v) is 9.50. The molecule has 1 aliphatic rings. The second-order valence-electron chi connectivity index (χ2n) is 3.52. The molecular weight excluding hydrogens is 214 g/mol.